The van der Waals surface area contributed by atoms with E-state index in [1.807, 2.05) is 23.7 Å². The molecule has 0 radical (unpaired) electrons. The summed E-state index contributed by atoms with van der Waals surface area (Å²) in [5.74, 6) is 1.83. The number of aryl methyl sites for hydroxylation is 1. The van der Waals surface area contributed by atoms with Crippen LogP contribution in [0.15, 0.2) is 30.6 Å². The molecular weight excluding hydrogens is 396 g/mol. The number of nitrogens with one attached hydrogen (secondary N) is 1. The molecule has 2 aromatic heterocycles. The molecule has 1 saturated heterocycles. The molecular formula is C23H26N4O4. The molecule has 0 bridgehead atoms. The highest BCUT2D eigenvalue weighted by Crippen LogP contribution is 2.39. The van der Waals surface area contributed by atoms with Crippen LogP contribution in [0, 0.1) is 11.8 Å². The van der Waals surface area contributed by atoms with Crippen LogP contribution in [0.3, 0.4) is 0 Å². The van der Waals surface area contributed by atoms with E-state index in [-0.39, 0.29) is 23.7 Å². The molecule has 1 aromatic carbocycles. The molecule has 1 aliphatic heterocycles. The molecule has 8 heteroatoms. The van der Waals surface area contributed by atoms with Crippen molar-refractivity contribution in [3.05, 3.63) is 30.6 Å². The van der Waals surface area contributed by atoms with Gasteiger partial charge in [-0.2, -0.15) is 0 Å². The van der Waals surface area contributed by atoms with E-state index in [1.54, 1.807) is 18.5 Å². The number of aromatic hydroxyl groups is 1. The van der Waals surface area contributed by atoms with Gasteiger partial charge in [0.2, 0.25) is 11.8 Å². The summed E-state index contributed by atoms with van der Waals surface area (Å²) in [6, 6.07) is 7.07. The summed E-state index contributed by atoms with van der Waals surface area (Å²) in [4.78, 5) is 21.1. The lowest BCUT2D eigenvalue weighted by Gasteiger charge is -2.24. The van der Waals surface area contributed by atoms with E-state index in [0.717, 1.165) is 23.0 Å². The second kappa shape index (κ2) is 7.76. The molecule has 0 spiro atoms. The molecule has 2 aliphatic rings. The van der Waals surface area contributed by atoms with Crippen molar-refractivity contribution in [2.24, 2.45) is 18.9 Å². The van der Waals surface area contributed by atoms with Gasteiger partial charge in [0, 0.05) is 31.5 Å². The third-order valence-corrected chi connectivity index (χ3v) is 6.20. The molecule has 3 heterocycles. The van der Waals surface area contributed by atoms with Crippen molar-refractivity contribution in [1.29, 1.82) is 0 Å². The molecule has 2 fully saturated rings. The number of benzene rings is 1. The Kier molecular flexibility index (Phi) is 4.92. The average molecular weight is 422 g/mol. The zero-order valence-corrected chi connectivity index (χ0v) is 17.7. The number of aromatic nitrogens is 3. The lowest BCUT2D eigenvalue weighted by atomic mass is 9.96. The average Bonchev–Trinajstić information content (AvgIpc) is 3.34. The number of carbonyl (C=O) groups is 1. The van der Waals surface area contributed by atoms with Gasteiger partial charge in [-0.25, -0.2) is 9.97 Å². The highest BCUT2D eigenvalue weighted by molar-refractivity contribution is 5.85. The number of hydrogen-bond donors (Lipinski definition) is 2. The van der Waals surface area contributed by atoms with Crippen LogP contribution in [-0.4, -0.2) is 45.3 Å². The maximum Gasteiger partial charge on any atom is 0.241 e. The summed E-state index contributed by atoms with van der Waals surface area (Å²) in [7, 11) is 3.43. The monoisotopic (exact) mass is 422 g/mol. The van der Waals surface area contributed by atoms with Crippen LogP contribution >= 0.6 is 0 Å². The normalized spacial score (nSPS) is 19.4. The van der Waals surface area contributed by atoms with Crippen molar-refractivity contribution in [2.45, 2.75) is 31.8 Å². The molecule has 8 nitrogen and oxygen atoms in total. The van der Waals surface area contributed by atoms with E-state index in [1.165, 1.54) is 20.0 Å². The number of fused-ring (bicyclic) bond motifs is 1. The highest BCUT2D eigenvalue weighted by atomic mass is 16.5. The Morgan fingerprint density at radius 3 is 2.84 bits per heavy atom. The first kappa shape index (κ1) is 19.7. The van der Waals surface area contributed by atoms with Gasteiger partial charge in [0.05, 0.1) is 24.6 Å². The van der Waals surface area contributed by atoms with Crippen molar-refractivity contribution in [1.82, 2.24) is 19.9 Å². The Morgan fingerprint density at radius 2 is 2.16 bits per heavy atom. The number of phenols is 1. The number of ether oxygens (including phenoxy) is 2. The maximum atomic E-state index is 11.8. The van der Waals surface area contributed by atoms with E-state index in [9.17, 15) is 9.90 Å². The molecule has 2 atom stereocenters. The van der Waals surface area contributed by atoms with Crippen LogP contribution < -0.4 is 14.8 Å². The molecule has 31 heavy (non-hydrogen) atoms. The number of hydrogen-bond acceptors (Lipinski definition) is 6. The topological polar surface area (TPSA) is 98.5 Å². The van der Waals surface area contributed by atoms with Crippen LogP contribution in [0.2, 0.25) is 0 Å². The number of amides is 1. The van der Waals surface area contributed by atoms with Crippen LogP contribution in [0.25, 0.3) is 22.3 Å². The van der Waals surface area contributed by atoms with E-state index >= 15 is 0 Å². The van der Waals surface area contributed by atoms with Gasteiger partial charge in [-0.1, -0.05) is 12.8 Å². The fourth-order valence-corrected chi connectivity index (χ4v) is 4.27. The van der Waals surface area contributed by atoms with Gasteiger partial charge in [0.15, 0.2) is 11.5 Å². The number of methoxy groups -OCH3 is 1. The van der Waals surface area contributed by atoms with Crippen LogP contribution in [0.4, 0.5) is 0 Å². The molecule has 1 saturated carbocycles. The van der Waals surface area contributed by atoms with Gasteiger partial charge in [-0.05, 0) is 36.6 Å². The van der Waals surface area contributed by atoms with Gasteiger partial charge < -0.3 is 24.5 Å². The summed E-state index contributed by atoms with van der Waals surface area (Å²) in [6.07, 6.45) is 5.50. The van der Waals surface area contributed by atoms with Crippen molar-refractivity contribution in [3.8, 4) is 28.6 Å². The standard InChI is InChI=1S/C23H26N4O4/c1-27-12-25-17-10-16(14-5-6-19(30-2)18(28)8-14)26-23(22(17)27)31-20(7-13-3-4-13)15-9-21(29)24-11-15/h5-6,8,10,12-13,15,20,28H,3-4,7,9,11H2,1-2H3,(H,24,29)/t15-,20-/m1/s1. The smallest absolute Gasteiger partial charge is 0.241 e. The van der Waals surface area contributed by atoms with Crippen molar-refractivity contribution in [2.75, 3.05) is 13.7 Å². The Bertz CT molecular complexity index is 1140. The van der Waals surface area contributed by atoms with Crippen LogP contribution in [0.1, 0.15) is 25.7 Å². The van der Waals surface area contributed by atoms with Gasteiger partial charge in [-0.3, -0.25) is 4.79 Å². The predicted octanol–water partition coefficient (Wildman–Crippen LogP) is 3.03. The zero-order chi connectivity index (χ0) is 21.5. The fraction of sp³-hybridized carbons (Fsp3) is 0.435. The van der Waals surface area contributed by atoms with E-state index in [4.69, 9.17) is 14.5 Å². The Morgan fingerprint density at radius 1 is 1.32 bits per heavy atom. The molecule has 0 unspecified atom stereocenters. The largest absolute Gasteiger partial charge is 0.504 e. The molecule has 1 aliphatic carbocycles. The van der Waals surface area contributed by atoms with Gasteiger partial charge in [0.25, 0.3) is 0 Å². The fourth-order valence-electron chi connectivity index (χ4n) is 4.27. The van der Waals surface area contributed by atoms with Gasteiger partial charge >= 0.3 is 0 Å². The quantitative estimate of drug-likeness (QED) is 0.607. The number of nitrogens with zero attached hydrogens (tertiary/aromatic N) is 3. The number of imidazole rings is 1. The van der Waals surface area contributed by atoms with Gasteiger partial charge in [-0.15, -0.1) is 0 Å². The summed E-state index contributed by atoms with van der Waals surface area (Å²) in [5.41, 5.74) is 2.99. The lowest BCUT2D eigenvalue weighted by Crippen LogP contribution is -2.30. The van der Waals surface area contributed by atoms with Crippen molar-refractivity contribution < 1.29 is 19.4 Å². The molecule has 2 N–H and O–H groups in total. The Hall–Kier alpha value is -3.29. The van der Waals surface area contributed by atoms with Crippen molar-refractivity contribution in [3.63, 3.8) is 0 Å². The number of phenolic OH excluding ortho intramolecular Hbond substituents is 1. The molecule has 5 rings (SSSR count). The first-order valence-electron chi connectivity index (χ1n) is 10.6. The second-order valence-electron chi connectivity index (χ2n) is 8.53. The third kappa shape index (κ3) is 3.89. The Labute approximate surface area is 180 Å². The zero-order valence-electron chi connectivity index (χ0n) is 17.7. The minimum Gasteiger partial charge on any atom is -0.504 e. The number of carbonyl (C=O) groups excluding carboxylic acids is 1. The molecule has 1 amide bonds. The van der Waals surface area contributed by atoms with Gasteiger partial charge in [0.1, 0.15) is 11.6 Å². The van der Waals surface area contributed by atoms with Crippen LogP contribution in [-0.2, 0) is 11.8 Å². The number of pyridine rings is 1. The SMILES string of the molecule is COc1ccc(-c2cc3ncn(C)c3c(O[C@H](CC3CC3)[C@H]3CNC(=O)C3)n2)cc1O. The second-order valence-corrected chi connectivity index (χ2v) is 8.53. The van der Waals surface area contributed by atoms with E-state index < -0.39 is 0 Å². The first-order valence-corrected chi connectivity index (χ1v) is 10.6. The summed E-state index contributed by atoms with van der Waals surface area (Å²) in [6.45, 7) is 0.636. The van der Waals surface area contributed by atoms with E-state index in [2.05, 4.69) is 10.3 Å². The summed E-state index contributed by atoms with van der Waals surface area (Å²) >= 11 is 0. The summed E-state index contributed by atoms with van der Waals surface area (Å²) < 4.78 is 13.6. The number of rotatable bonds is 7. The minimum atomic E-state index is -0.0865. The van der Waals surface area contributed by atoms with Crippen molar-refractivity contribution >= 4 is 16.9 Å². The Balaban J connectivity index is 1.54. The summed E-state index contributed by atoms with van der Waals surface area (Å²) in [5, 5.41) is 13.1. The van der Waals surface area contributed by atoms with Crippen LogP contribution in [0.5, 0.6) is 17.4 Å². The van der Waals surface area contributed by atoms with E-state index in [0.29, 0.717) is 36.2 Å². The molecule has 162 valence electrons. The first-order chi connectivity index (χ1) is 15.0. The maximum absolute atomic E-state index is 11.8. The third-order valence-electron chi connectivity index (χ3n) is 6.20. The molecule has 3 aromatic rings. The highest BCUT2D eigenvalue weighted by Gasteiger charge is 2.36. The lowest BCUT2D eigenvalue weighted by molar-refractivity contribution is -0.119. The minimum absolute atomic E-state index is 0.0486. The predicted molar refractivity (Wildman–Crippen MR) is 115 cm³/mol.